The smallest absolute Gasteiger partial charge is 0.413 e. The molecule has 9 rings (SSSR count). The van der Waals surface area contributed by atoms with Crippen LogP contribution in [0.4, 0.5) is 9.93 Å². The number of esters is 3. The molecule has 91 heavy (non-hydrogen) atoms. The van der Waals surface area contributed by atoms with E-state index in [1.807, 2.05) is 12.1 Å². The Kier molecular flexibility index (Phi) is 21.1. The summed E-state index contributed by atoms with van der Waals surface area (Å²) < 4.78 is 46.4. The van der Waals surface area contributed by atoms with E-state index in [-0.39, 0.29) is 59.4 Å². The Morgan fingerprint density at radius 1 is 0.769 bits per heavy atom. The van der Waals surface area contributed by atoms with Crippen LogP contribution >= 0.6 is 23.1 Å². The number of nitrogens with zero attached hydrogens (tertiary/aromatic N) is 6. The zero-order valence-corrected chi connectivity index (χ0v) is 53.9. The van der Waals surface area contributed by atoms with Gasteiger partial charge >= 0.3 is 24.0 Å². The third-order valence-corrected chi connectivity index (χ3v) is 17.2. The molecular formula is C64H75N8O17S2+. The second kappa shape index (κ2) is 28.9. The molecule has 27 heteroatoms. The average molecular weight is 1290 g/mol. The highest BCUT2D eigenvalue weighted by molar-refractivity contribution is 8.00. The van der Waals surface area contributed by atoms with E-state index in [1.165, 1.54) is 42.3 Å². The number of benzene rings is 3. The molecule has 3 atom stereocenters. The molecule has 0 spiro atoms. The number of methoxy groups -OCH3 is 3. The molecule has 0 aliphatic carbocycles. The molecule has 3 aromatic carbocycles. The predicted octanol–water partition coefficient (Wildman–Crippen LogP) is 6.99. The Morgan fingerprint density at radius 2 is 1.36 bits per heavy atom. The van der Waals surface area contributed by atoms with Gasteiger partial charge in [-0.25, -0.2) is 19.4 Å². The summed E-state index contributed by atoms with van der Waals surface area (Å²) >= 11 is 2.23. The number of likely N-dealkylation sites (tertiary alicyclic amines) is 1. The second-order valence-corrected chi connectivity index (χ2v) is 26.0. The van der Waals surface area contributed by atoms with Crippen LogP contribution in [0, 0.1) is 0 Å². The normalized spacial score (nSPS) is 17.4. The number of aromatic nitrogens is 2. The minimum absolute atomic E-state index is 0.0109. The largest absolute Gasteiger partial charge is 0.497 e. The van der Waals surface area contributed by atoms with Crippen molar-refractivity contribution in [3.63, 3.8) is 0 Å². The van der Waals surface area contributed by atoms with Gasteiger partial charge in [-0.05, 0) is 94.6 Å². The van der Waals surface area contributed by atoms with Crippen molar-refractivity contribution in [1.29, 1.82) is 0 Å². The van der Waals surface area contributed by atoms with E-state index in [2.05, 4.69) is 20.8 Å². The molecule has 25 nitrogen and oxygen atoms in total. The number of fused-ring (bicyclic) bond motifs is 2. The predicted molar refractivity (Wildman–Crippen MR) is 334 cm³/mol. The fourth-order valence-electron chi connectivity index (χ4n) is 10.6. The number of β-lactam (4-membered cyclic amide) rings is 1. The van der Waals surface area contributed by atoms with Crippen LogP contribution in [-0.4, -0.2) is 166 Å². The van der Waals surface area contributed by atoms with Crippen molar-refractivity contribution in [3.05, 3.63) is 140 Å². The van der Waals surface area contributed by atoms with Crippen molar-refractivity contribution >= 4 is 75.7 Å². The van der Waals surface area contributed by atoms with Crippen LogP contribution in [0.5, 0.6) is 23.0 Å². The fraction of sp³-hybridized carbons (Fsp3) is 0.438. The van der Waals surface area contributed by atoms with E-state index in [9.17, 15) is 38.4 Å². The van der Waals surface area contributed by atoms with Crippen LogP contribution in [0.2, 0.25) is 0 Å². The Morgan fingerprint density at radius 3 is 1.96 bits per heavy atom. The summed E-state index contributed by atoms with van der Waals surface area (Å²) in [6.07, 6.45) is 0.0268. The summed E-state index contributed by atoms with van der Waals surface area (Å²) in [5, 5.41) is 9.93. The molecule has 2 aromatic heterocycles. The number of thiazole rings is 1. The van der Waals surface area contributed by atoms with Crippen molar-refractivity contribution in [2.45, 2.75) is 116 Å². The fourth-order valence-corrected chi connectivity index (χ4v) is 12.6. The summed E-state index contributed by atoms with van der Waals surface area (Å²) in [7, 11) is 4.63. The third-order valence-electron chi connectivity index (χ3n) is 15.1. The number of nitrogens with one attached hydrogen (secondary N) is 2. The molecule has 484 valence electrons. The monoisotopic (exact) mass is 1290 g/mol. The van der Waals surface area contributed by atoms with Gasteiger partial charge < -0.3 is 62.0 Å². The van der Waals surface area contributed by atoms with Crippen LogP contribution < -0.4 is 35.0 Å². The van der Waals surface area contributed by atoms with E-state index < -0.39 is 82.1 Å². The first-order valence-electron chi connectivity index (χ1n) is 29.5. The number of pyridine rings is 1. The zero-order chi connectivity index (χ0) is 65.2. The lowest BCUT2D eigenvalue weighted by atomic mass is 10.0. The molecule has 4 aliphatic heterocycles. The molecule has 4 amide bonds. The van der Waals surface area contributed by atoms with Crippen molar-refractivity contribution in [1.82, 2.24) is 24.7 Å². The maximum absolute atomic E-state index is 14.8. The van der Waals surface area contributed by atoms with Crippen LogP contribution in [0.15, 0.2) is 112 Å². The molecule has 2 N–H and O–H groups in total. The number of hydrogen-bond donors (Lipinski definition) is 2. The van der Waals surface area contributed by atoms with Crippen molar-refractivity contribution in [2.24, 2.45) is 5.16 Å². The van der Waals surface area contributed by atoms with E-state index in [1.54, 1.807) is 125 Å². The maximum atomic E-state index is 14.8. The number of carbonyl (C=O) groups is 7. The van der Waals surface area contributed by atoms with Crippen molar-refractivity contribution < 1.29 is 80.8 Å². The van der Waals surface area contributed by atoms with E-state index in [0.29, 0.717) is 71.2 Å². The molecule has 0 unspecified atom stereocenters. The van der Waals surface area contributed by atoms with Crippen molar-refractivity contribution in [2.75, 3.05) is 71.7 Å². The standard InChI is InChI=1S/C64H74N8O17S2/c1-63(2,3)87-51(74)31-49(59(78)85-35-40-14-20-44(82-8)21-15-40)89-68-52(46-38-91-61(65-46)67-62(80)88-64(4,5)6)55(75)66-53-57(77)71-54(60(79)86-36-41-16-22-45(83-9)23-17-41)42(37-90-58(53)71)33-72(27-10-11-28-72)29-26-69-24-25-70-32-50(48(73)30-47(70)56(69)76)84-34-39-12-18-43(81-7)19-13-39/h12-23,30,32,38,49,53,58H,10-11,24-29,31,33-37H2,1-9H3,(H-,65,66,67,75,80)/p+1/b68-52+/t49-,53+,58+/m0/s1. The molecule has 0 radical (unpaired) electrons. The minimum atomic E-state index is -1.77. The van der Waals surface area contributed by atoms with Gasteiger partial charge in [0.25, 0.3) is 17.7 Å². The van der Waals surface area contributed by atoms with Crippen LogP contribution in [0.25, 0.3) is 0 Å². The lowest BCUT2D eigenvalue weighted by molar-refractivity contribution is -0.911. The van der Waals surface area contributed by atoms with Gasteiger partial charge in [-0.3, -0.25) is 34.2 Å². The molecular weight excluding hydrogens is 1220 g/mol. The first-order valence-corrected chi connectivity index (χ1v) is 31.5. The Labute approximate surface area is 534 Å². The van der Waals surface area contributed by atoms with Crippen molar-refractivity contribution in [3.8, 4) is 23.0 Å². The number of ether oxygens (including phenoxy) is 8. The number of anilines is 1. The van der Waals surface area contributed by atoms with Crippen LogP contribution in [0.1, 0.15) is 93.7 Å². The molecule has 4 aliphatic rings. The molecule has 5 aromatic rings. The number of hydrogen-bond acceptors (Lipinski definition) is 21. The maximum Gasteiger partial charge on any atom is 0.413 e. The zero-order valence-electron chi connectivity index (χ0n) is 52.2. The number of oxime groups is 1. The third kappa shape index (κ3) is 17.1. The Hall–Kier alpha value is -8.95. The summed E-state index contributed by atoms with van der Waals surface area (Å²) in [6.45, 7) is 13.2. The van der Waals surface area contributed by atoms with Gasteiger partial charge in [0.15, 0.2) is 16.6 Å². The van der Waals surface area contributed by atoms with Gasteiger partial charge in [-0.2, -0.15) is 0 Å². The number of thioether (sulfide) groups is 1. The lowest BCUT2D eigenvalue weighted by Crippen LogP contribution is -2.71. The number of carbonyl (C=O) groups excluding carboxylic acids is 7. The lowest BCUT2D eigenvalue weighted by Gasteiger charge is -2.50. The van der Waals surface area contributed by atoms with E-state index in [4.69, 9.17) is 42.7 Å². The minimum Gasteiger partial charge on any atom is -0.497 e. The van der Waals surface area contributed by atoms with Gasteiger partial charge in [0, 0.05) is 48.7 Å². The van der Waals surface area contributed by atoms with Gasteiger partial charge in [-0.1, -0.05) is 41.6 Å². The van der Waals surface area contributed by atoms with Gasteiger partial charge in [0.05, 0.1) is 60.1 Å². The number of rotatable bonds is 25. The Balaban J connectivity index is 0.956. The van der Waals surface area contributed by atoms with E-state index in [0.717, 1.165) is 42.8 Å². The van der Waals surface area contributed by atoms with Crippen LogP contribution in [-0.2, 0) is 74.1 Å². The molecule has 2 saturated heterocycles. The summed E-state index contributed by atoms with van der Waals surface area (Å²) in [5.41, 5.74) is 0.0426. The molecule has 0 bridgehead atoms. The summed E-state index contributed by atoms with van der Waals surface area (Å²) in [6, 6.07) is 21.1. The van der Waals surface area contributed by atoms with E-state index >= 15 is 0 Å². The summed E-state index contributed by atoms with van der Waals surface area (Å²) in [5.74, 6) is -2.34. The van der Waals surface area contributed by atoms with Gasteiger partial charge in [-0.15, -0.1) is 23.1 Å². The quantitative estimate of drug-likeness (QED) is 0.0149. The topological polar surface area (TPSA) is 280 Å². The number of amides is 4. The first-order chi connectivity index (χ1) is 43.4. The SMILES string of the molecule is COc1ccc(COC(=O)C2=C(C[N+]3(CCN4CCn5cc(OCc6ccc(OC)cc6)c(=O)cc5C4=O)CCCC3)CS[C@@H]3[C@H](NC(=O)/C(=N/O[C@@H](CC(=O)OC(C)(C)C)C(=O)OCc4ccc(OC)cc4)c4csc(NC(=O)OC(C)(C)C)n4)C(=O)N23)cc1. The van der Waals surface area contributed by atoms with Crippen LogP contribution in [0.3, 0.4) is 0 Å². The second-order valence-electron chi connectivity index (χ2n) is 24.1. The van der Waals surface area contributed by atoms with Gasteiger partial charge in [0.1, 0.15) is 83.3 Å². The number of quaternary nitrogens is 1. The molecule has 6 heterocycles. The average Bonchev–Trinajstić information content (AvgIpc) is 0.881. The highest BCUT2D eigenvalue weighted by Crippen LogP contribution is 2.42. The molecule has 0 saturated carbocycles. The first kappa shape index (κ1) is 66.5. The van der Waals surface area contributed by atoms with Gasteiger partial charge in [0.2, 0.25) is 11.5 Å². The summed E-state index contributed by atoms with van der Waals surface area (Å²) in [4.78, 5) is 125. The molecule has 2 fully saturated rings. The Bertz CT molecular complexity index is 3630. The highest BCUT2D eigenvalue weighted by atomic mass is 32.2. The highest BCUT2D eigenvalue weighted by Gasteiger charge is 2.56.